The van der Waals surface area contributed by atoms with E-state index in [4.69, 9.17) is 21.1 Å². The van der Waals surface area contributed by atoms with Crippen molar-refractivity contribution in [3.8, 4) is 22.8 Å². The second-order valence-corrected chi connectivity index (χ2v) is 8.36. The summed E-state index contributed by atoms with van der Waals surface area (Å²) in [6, 6.07) is 4.86. The highest BCUT2D eigenvalue weighted by molar-refractivity contribution is 6.32. The monoisotopic (exact) mass is 431 g/mol. The van der Waals surface area contributed by atoms with Crippen LogP contribution in [0.15, 0.2) is 29.2 Å². The molecule has 30 heavy (non-hydrogen) atoms. The fourth-order valence-electron chi connectivity index (χ4n) is 3.54. The molecule has 0 N–H and O–H groups in total. The molecule has 0 saturated carbocycles. The molecule has 2 heterocycles. The van der Waals surface area contributed by atoms with Crippen molar-refractivity contribution in [2.45, 2.75) is 46.6 Å². The highest BCUT2D eigenvalue weighted by atomic mass is 35.5. The number of fused-ring (bicyclic) bond motifs is 3. The second kappa shape index (κ2) is 9.04. The number of carbonyl (C=O) groups excluding carboxylic acids is 2. The molecule has 1 aromatic heterocycles. The first kappa shape index (κ1) is 22.1. The number of carbonyl (C=O) groups is 2. The number of pyridine rings is 1. The molecule has 1 aliphatic heterocycles. The van der Waals surface area contributed by atoms with Crippen LogP contribution in [0.4, 0.5) is 0 Å². The van der Waals surface area contributed by atoms with E-state index in [1.807, 2.05) is 4.57 Å². The second-order valence-electron chi connectivity index (χ2n) is 7.96. The van der Waals surface area contributed by atoms with Gasteiger partial charge in [-0.25, -0.2) is 0 Å². The van der Waals surface area contributed by atoms with Crippen molar-refractivity contribution in [1.82, 2.24) is 4.57 Å². The first-order valence-electron chi connectivity index (χ1n) is 10.0. The molecule has 1 aliphatic rings. The van der Waals surface area contributed by atoms with Crippen LogP contribution in [0.5, 0.6) is 11.5 Å². The summed E-state index contributed by atoms with van der Waals surface area (Å²) in [5.74, 6) is 1.08. The van der Waals surface area contributed by atoms with Gasteiger partial charge in [0, 0.05) is 30.3 Å². The van der Waals surface area contributed by atoms with Crippen molar-refractivity contribution in [1.29, 1.82) is 0 Å². The Kier molecular flexibility index (Phi) is 6.66. The van der Waals surface area contributed by atoms with Gasteiger partial charge in [0.1, 0.15) is 23.9 Å². The number of nitrogens with zero attached hydrogens (tertiary/aromatic N) is 1. The smallest absolute Gasteiger partial charge is 0.192 e. The van der Waals surface area contributed by atoms with Crippen molar-refractivity contribution in [2.75, 3.05) is 13.2 Å². The molecule has 1 aromatic carbocycles. The Morgan fingerprint density at radius 2 is 2.00 bits per heavy atom. The largest absolute Gasteiger partial charge is 0.492 e. The van der Waals surface area contributed by atoms with Gasteiger partial charge in [-0.15, -0.1) is 0 Å². The third-order valence-electron chi connectivity index (χ3n) is 5.24. The Hall–Kier alpha value is -2.60. The summed E-state index contributed by atoms with van der Waals surface area (Å²) in [7, 11) is 0. The third-order valence-corrected chi connectivity index (χ3v) is 5.53. The molecule has 0 fully saturated rings. The molecular weight excluding hydrogens is 406 g/mol. The van der Waals surface area contributed by atoms with E-state index in [1.165, 1.54) is 13.0 Å². The Morgan fingerprint density at radius 3 is 2.63 bits per heavy atom. The van der Waals surface area contributed by atoms with Crippen LogP contribution in [0.2, 0.25) is 5.02 Å². The highest BCUT2D eigenvalue weighted by Gasteiger charge is 2.27. The van der Waals surface area contributed by atoms with Crippen LogP contribution in [0.3, 0.4) is 0 Å². The van der Waals surface area contributed by atoms with Gasteiger partial charge in [-0.1, -0.05) is 25.4 Å². The van der Waals surface area contributed by atoms with Gasteiger partial charge >= 0.3 is 0 Å². The Balaban J connectivity index is 2.05. The van der Waals surface area contributed by atoms with E-state index in [0.717, 1.165) is 0 Å². The predicted octanol–water partition coefficient (Wildman–Crippen LogP) is 4.71. The third kappa shape index (κ3) is 4.59. The fraction of sp³-hybridized carbons (Fsp3) is 0.435. The summed E-state index contributed by atoms with van der Waals surface area (Å²) < 4.78 is 13.8. The lowest BCUT2D eigenvalue weighted by Crippen LogP contribution is -2.25. The topological polar surface area (TPSA) is 74.6 Å². The number of hydrogen-bond acceptors (Lipinski definition) is 5. The maximum absolute atomic E-state index is 12.6. The molecule has 0 radical (unpaired) electrons. The van der Waals surface area contributed by atoms with Crippen molar-refractivity contribution in [3.05, 3.63) is 45.2 Å². The van der Waals surface area contributed by atoms with Crippen LogP contribution in [0.25, 0.3) is 11.3 Å². The number of hydrogen-bond donors (Lipinski definition) is 0. The molecule has 0 unspecified atom stereocenters. The van der Waals surface area contributed by atoms with Crippen LogP contribution in [-0.2, 0) is 4.79 Å². The summed E-state index contributed by atoms with van der Waals surface area (Å²) in [4.78, 5) is 35.6. The van der Waals surface area contributed by atoms with Gasteiger partial charge in [0.05, 0.1) is 28.9 Å². The summed E-state index contributed by atoms with van der Waals surface area (Å²) >= 11 is 6.45. The van der Waals surface area contributed by atoms with Crippen LogP contribution in [0, 0.1) is 5.92 Å². The molecule has 0 aliphatic carbocycles. The molecular formula is C23H26ClNO5. The number of benzene rings is 1. The quantitative estimate of drug-likeness (QED) is 0.469. The molecule has 7 heteroatoms. The van der Waals surface area contributed by atoms with Gasteiger partial charge in [0.2, 0.25) is 0 Å². The number of aromatic nitrogens is 1. The van der Waals surface area contributed by atoms with E-state index in [9.17, 15) is 14.4 Å². The maximum Gasteiger partial charge on any atom is 0.192 e. The normalized spacial score (nSPS) is 15.1. The van der Waals surface area contributed by atoms with Gasteiger partial charge in [0.15, 0.2) is 11.2 Å². The van der Waals surface area contributed by atoms with Gasteiger partial charge in [-0.05, 0) is 32.3 Å². The molecule has 0 bridgehead atoms. The van der Waals surface area contributed by atoms with Crippen molar-refractivity contribution in [3.63, 3.8) is 0 Å². The summed E-state index contributed by atoms with van der Waals surface area (Å²) in [5, 5.41) is 0.387. The maximum atomic E-state index is 12.6. The Labute approximate surface area is 180 Å². The molecule has 6 nitrogen and oxygen atoms in total. The number of rotatable bonds is 7. The van der Waals surface area contributed by atoms with Crippen LogP contribution < -0.4 is 14.9 Å². The van der Waals surface area contributed by atoms with Crippen molar-refractivity contribution >= 4 is 23.2 Å². The first-order valence-corrected chi connectivity index (χ1v) is 10.4. The van der Waals surface area contributed by atoms with Gasteiger partial charge in [0.25, 0.3) is 0 Å². The highest BCUT2D eigenvalue weighted by Crippen LogP contribution is 2.42. The van der Waals surface area contributed by atoms with Crippen LogP contribution in [-0.4, -0.2) is 29.3 Å². The minimum Gasteiger partial charge on any atom is -0.492 e. The number of ether oxygens (including phenoxy) is 2. The number of halogens is 1. The lowest BCUT2D eigenvalue weighted by molar-refractivity contribution is -0.117. The van der Waals surface area contributed by atoms with E-state index in [2.05, 4.69) is 13.8 Å². The summed E-state index contributed by atoms with van der Waals surface area (Å²) in [6.07, 6.45) is 2.68. The van der Waals surface area contributed by atoms with E-state index in [-0.39, 0.29) is 34.5 Å². The van der Waals surface area contributed by atoms with Crippen molar-refractivity contribution < 1.29 is 19.1 Å². The van der Waals surface area contributed by atoms with Gasteiger partial charge in [-0.2, -0.15) is 0 Å². The average Bonchev–Trinajstić information content (AvgIpc) is 2.81. The number of Topliss-reactive ketones (excluding diaryl/α,β-unsaturated/α-hetero) is 2. The van der Waals surface area contributed by atoms with Gasteiger partial charge < -0.3 is 18.8 Å². The van der Waals surface area contributed by atoms with Gasteiger partial charge in [-0.3, -0.25) is 9.59 Å². The van der Waals surface area contributed by atoms with E-state index in [0.29, 0.717) is 53.8 Å². The zero-order valence-electron chi connectivity index (χ0n) is 17.7. The minimum atomic E-state index is -0.329. The molecule has 0 saturated heterocycles. The zero-order valence-corrected chi connectivity index (χ0v) is 18.4. The SMILES string of the molecule is CC(=O)CCCOc1cc2c(cc1Cl)-c1cc(=O)c(C(C)=O)cn1[C@H](C(C)C)CO2. The molecule has 0 amide bonds. The molecule has 2 aromatic rings. The molecule has 1 atom stereocenters. The first-order chi connectivity index (χ1) is 14.2. The zero-order chi connectivity index (χ0) is 22.0. The molecule has 3 rings (SSSR count). The van der Waals surface area contributed by atoms with Crippen LogP contribution >= 0.6 is 11.6 Å². The van der Waals surface area contributed by atoms with E-state index in [1.54, 1.807) is 25.3 Å². The Bertz CT molecular complexity index is 1040. The molecule has 160 valence electrons. The van der Waals surface area contributed by atoms with Crippen molar-refractivity contribution in [2.24, 2.45) is 5.92 Å². The number of ketones is 2. The lowest BCUT2D eigenvalue weighted by Gasteiger charge is -2.24. The molecule has 0 spiro atoms. The van der Waals surface area contributed by atoms with E-state index >= 15 is 0 Å². The average molecular weight is 432 g/mol. The lowest BCUT2D eigenvalue weighted by atomic mass is 10.0. The Morgan fingerprint density at radius 1 is 1.27 bits per heavy atom. The standard InChI is InChI=1S/C23H26ClNO5/c1-13(2)20-12-30-22-10-23(29-7-5-6-14(3)26)18(24)8-16(22)19-9-21(28)17(15(4)27)11-25(19)20/h8-11,13,20H,5-7,12H2,1-4H3/t20-/m0/s1. The van der Waals surface area contributed by atoms with E-state index < -0.39 is 0 Å². The summed E-state index contributed by atoms with van der Waals surface area (Å²) in [5.41, 5.74) is 1.15. The predicted molar refractivity (Wildman–Crippen MR) is 116 cm³/mol. The minimum absolute atomic E-state index is 0.0650. The summed E-state index contributed by atoms with van der Waals surface area (Å²) in [6.45, 7) is 7.81. The fourth-order valence-corrected chi connectivity index (χ4v) is 3.76. The van der Waals surface area contributed by atoms with Crippen LogP contribution in [0.1, 0.15) is 56.9 Å².